The Kier molecular flexibility index (Phi) is 7.85. The number of methoxy groups -OCH3 is 1. The second kappa shape index (κ2) is 11.2. The Hall–Kier alpha value is -4.53. The van der Waals surface area contributed by atoms with E-state index in [2.05, 4.69) is 5.32 Å². The minimum absolute atomic E-state index is 0.206. The van der Waals surface area contributed by atoms with Gasteiger partial charge < -0.3 is 15.0 Å². The fourth-order valence-corrected chi connectivity index (χ4v) is 4.48. The number of ketones is 1. The minimum Gasteiger partial charge on any atom is -0.497 e. The van der Waals surface area contributed by atoms with Crippen LogP contribution in [0.2, 0.25) is 0 Å². The van der Waals surface area contributed by atoms with Gasteiger partial charge in [0, 0.05) is 17.8 Å². The number of benzene rings is 3. The Morgan fingerprint density at radius 1 is 0.974 bits per heavy atom. The summed E-state index contributed by atoms with van der Waals surface area (Å²) in [6.45, 7) is 2.87. The number of Topliss-reactive ketones (excluding diaryl/α,β-unsaturated/α-hetero) is 1. The molecule has 0 radical (unpaired) electrons. The first-order chi connectivity index (χ1) is 18.2. The van der Waals surface area contributed by atoms with Crippen LogP contribution in [0.4, 0.5) is 15.8 Å². The summed E-state index contributed by atoms with van der Waals surface area (Å²) in [6, 6.07) is 18.1. The topological polar surface area (TPSA) is 96.0 Å². The highest BCUT2D eigenvalue weighted by molar-refractivity contribution is 6.52. The standard InChI is InChI=1S/C29H28FN3O5/c1-18(2)26(28(36)31-20-12-14-21(38-3)15-13-20)33(16-19-8-4-6-10-23(19)30)25(34)17-32-24-11-7-5-9-22(24)27(35)29(32)37/h4-15,18,26H,16-17H2,1-3H3,(H,31,36). The average molecular weight is 518 g/mol. The molecule has 38 heavy (non-hydrogen) atoms. The quantitative estimate of drug-likeness (QED) is 0.432. The summed E-state index contributed by atoms with van der Waals surface area (Å²) < 4.78 is 19.8. The van der Waals surface area contributed by atoms with Crippen LogP contribution in [0, 0.1) is 11.7 Å². The number of hydrogen-bond donors (Lipinski definition) is 1. The molecule has 3 aromatic rings. The van der Waals surface area contributed by atoms with Crippen molar-refractivity contribution < 1.29 is 28.3 Å². The molecule has 0 aliphatic carbocycles. The summed E-state index contributed by atoms with van der Waals surface area (Å²) >= 11 is 0. The lowest BCUT2D eigenvalue weighted by atomic mass is 9.99. The van der Waals surface area contributed by atoms with Gasteiger partial charge in [-0.05, 0) is 48.4 Å². The molecule has 1 aliphatic rings. The van der Waals surface area contributed by atoms with Gasteiger partial charge in [-0.3, -0.25) is 24.1 Å². The molecule has 0 bridgehead atoms. The number of halogens is 1. The third kappa shape index (κ3) is 5.41. The van der Waals surface area contributed by atoms with Crippen molar-refractivity contribution in [1.82, 2.24) is 4.90 Å². The summed E-state index contributed by atoms with van der Waals surface area (Å²) in [5, 5.41) is 2.82. The second-order valence-electron chi connectivity index (χ2n) is 9.26. The molecule has 3 aromatic carbocycles. The van der Waals surface area contributed by atoms with Gasteiger partial charge in [0.05, 0.1) is 18.4 Å². The van der Waals surface area contributed by atoms with E-state index in [1.165, 1.54) is 36.3 Å². The molecule has 0 fully saturated rings. The number of carbonyl (C=O) groups is 4. The van der Waals surface area contributed by atoms with Crippen LogP contribution in [0.25, 0.3) is 0 Å². The zero-order valence-corrected chi connectivity index (χ0v) is 21.3. The average Bonchev–Trinajstić information content (AvgIpc) is 3.14. The van der Waals surface area contributed by atoms with Gasteiger partial charge in [-0.15, -0.1) is 0 Å². The summed E-state index contributed by atoms with van der Waals surface area (Å²) in [4.78, 5) is 54.8. The number of para-hydroxylation sites is 1. The number of fused-ring (bicyclic) bond motifs is 1. The van der Waals surface area contributed by atoms with Gasteiger partial charge in [0.15, 0.2) is 0 Å². The van der Waals surface area contributed by atoms with E-state index >= 15 is 0 Å². The molecule has 8 nitrogen and oxygen atoms in total. The molecule has 1 unspecified atom stereocenters. The van der Waals surface area contributed by atoms with Gasteiger partial charge in [0.1, 0.15) is 24.2 Å². The number of ether oxygens (including phenoxy) is 1. The van der Waals surface area contributed by atoms with Crippen LogP contribution in [0.3, 0.4) is 0 Å². The predicted octanol–water partition coefficient (Wildman–Crippen LogP) is 4.06. The molecule has 0 spiro atoms. The lowest BCUT2D eigenvalue weighted by molar-refractivity contribution is -0.140. The molecule has 9 heteroatoms. The van der Waals surface area contributed by atoms with E-state index in [9.17, 15) is 23.6 Å². The Labute approximate surface area is 220 Å². The SMILES string of the molecule is COc1ccc(NC(=O)C(C(C)C)N(Cc2ccccc2F)C(=O)CN2C(=O)C(=O)c3ccccc32)cc1. The van der Waals surface area contributed by atoms with Crippen molar-refractivity contribution >= 4 is 34.9 Å². The number of anilines is 2. The predicted molar refractivity (Wildman–Crippen MR) is 140 cm³/mol. The van der Waals surface area contributed by atoms with E-state index < -0.39 is 41.9 Å². The molecule has 196 valence electrons. The number of amides is 3. The van der Waals surface area contributed by atoms with E-state index in [0.29, 0.717) is 17.1 Å². The van der Waals surface area contributed by atoms with Crippen LogP contribution in [0.1, 0.15) is 29.8 Å². The highest BCUT2D eigenvalue weighted by Crippen LogP contribution is 2.29. The van der Waals surface area contributed by atoms with Crippen LogP contribution in [0.5, 0.6) is 5.75 Å². The Bertz CT molecular complexity index is 1370. The Balaban J connectivity index is 1.66. The fourth-order valence-electron chi connectivity index (χ4n) is 4.48. The van der Waals surface area contributed by atoms with E-state index in [1.54, 1.807) is 62.4 Å². The van der Waals surface area contributed by atoms with E-state index in [0.717, 1.165) is 4.90 Å². The lowest BCUT2D eigenvalue weighted by Crippen LogP contribution is -2.53. The van der Waals surface area contributed by atoms with E-state index in [4.69, 9.17) is 4.74 Å². The molecule has 1 atom stereocenters. The molecular formula is C29H28FN3O5. The monoisotopic (exact) mass is 517 g/mol. The van der Waals surface area contributed by atoms with Gasteiger partial charge >= 0.3 is 0 Å². The number of hydrogen-bond acceptors (Lipinski definition) is 5. The molecule has 4 rings (SSSR count). The lowest BCUT2D eigenvalue weighted by Gasteiger charge is -2.34. The fraction of sp³-hybridized carbons (Fsp3) is 0.241. The highest BCUT2D eigenvalue weighted by atomic mass is 19.1. The van der Waals surface area contributed by atoms with Crippen molar-refractivity contribution in [2.24, 2.45) is 5.92 Å². The van der Waals surface area contributed by atoms with Crippen molar-refractivity contribution in [2.75, 3.05) is 23.9 Å². The molecule has 3 amide bonds. The third-order valence-electron chi connectivity index (χ3n) is 6.38. The Morgan fingerprint density at radius 2 is 1.63 bits per heavy atom. The van der Waals surface area contributed by atoms with Gasteiger partial charge in [-0.1, -0.05) is 44.2 Å². The van der Waals surface area contributed by atoms with E-state index in [-0.39, 0.29) is 23.6 Å². The molecule has 0 aromatic heterocycles. The van der Waals surface area contributed by atoms with Gasteiger partial charge in [-0.25, -0.2) is 4.39 Å². The maximum atomic E-state index is 14.7. The van der Waals surface area contributed by atoms with Crippen molar-refractivity contribution in [2.45, 2.75) is 26.4 Å². The summed E-state index contributed by atoms with van der Waals surface area (Å²) in [5.41, 5.74) is 1.25. The maximum Gasteiger partial charge on any atom is 0.299 e. The summed E-state index contributed by atoms with van der Waals surface area (Å²) in [7, 11) is 1.53. The van der Waals surface area contributed by atoms with Crippen molar-refractivity contribution in [3.05, 3.63) is 89.7 Å². The van der Waals surface area contributed by atoms with Gasteiger partial charge in [0.2, 0.25) is 11.8 Å². The smallest absolute Gasteiger partial charge is 0.299 e. The number of carbonyl (C=O) groups excluding carboxylic acids is 4. The van der Waals surface area contributed by atoms with Gasteiger partial charge in [0.25, 0.3) is 11.7 Å². The van der Waals surface area contributed by atoms with Crippen molar-refractivity contribution in [3.63, 3.8) is 0 Å². The molecule has 1 N–H and O–H groups in total. The highest BCUT2D eigenvalue weighted by Gasteiger charge is 2.39. The number of rotatable bonds is 9. The van der Waals surface area contributed by atoms with Crippen molar-refractivity contribution in [1.29, 1.82) is 0 Å². The molecule has 0 saturated carbocycles. The maximum absolute atomic E-state index is 14.7. The minimum atomic E-state index is -1.01. The molecular weight excluding hydrogens is 489 g/mol. The third-order valence-corrected chi connectivity index (χ3v) is 6.38. The van der Waals surface area contributed by atoms with Crippen LogP contribution in [0.15, 0.2) is 72.8 Å². The van der Waals surface area contributed by atoms with Crippen LogP contribution < -0.4 is 15.0 Å². The molecule has 1 heterocycles. The van der Waals surface area contributed by atoms with Gasteiger partial charge in [-0.2, -0.15) is 0 Å². The van der Waals surface area contributed by atoms with Crippen LogP contribution in [-0.2, 0) is 20.9 Å². The largest absolute Gasteiger partial charge is 0.497 e. The zero-order valence-electron chi connectivity index (χ0n) is 21.3. The number of nitrogens with zero attached hydrogens (tertiary/aromatic N) is 2. The van der Waals surface area contributed by atoms with Crippen LogP contribution in [-0.4, -0.2) is 48.1 Å². The Morgan fingerprint density at radius 3 is 2.29 bits per heavy atom. The molecule has 0 saturated heterocycles. The molecule has 1 aliphatic heterocycles. The zero-order chi connectivity index (χ0) is 27.4. The first-order valence-electron chi connectivity index (χ1n) is 12.1. The second-order valence-corrected chi connectivity index (χ2v) is 9.26. The van der Waals surface area contributed by atoms with Crippen molar-refractivity contribution in [3.8, 4) is 5.75 Å². The summed E-state index contributed by atoms with van der Waals surface area (Å²) in [6.07, 6.45) is 0. The number of nitrogens with one attached hydrogen (secondary N) is 1. The van der Waals surface area contributed by atoms with E-state index in [1.807, 2.05) is 0 Å². The summed E-state index contributed by atoms with van der Waals surface area (Å²) in [5.74, 6) is -2.88. The normalized spacial score (nSPS) is 13.3. The van der Waals surface area contributed by atoms with Crippen LogP contribution >= 0.6 is 0 Å². The first-order valence-corrected chi connectivity index (χ1v) is 12.1. The first kappa shape index (κ1) is 26.5.